The Balaban J connectivity index is 1.39. The molecule has 1 fully saturated rings. The Morgan fingerprint density at radius 1 is 1.19 bits per heavy atom. The van der Waals surface area contributed by atoms with Crippen molar-refractivity contribution in [3.05, 3.63) is 59.0 Å². The molecule has 1 saturated heterocycles. The van der Waals surface area contributed by atoms with Gasteiger partial charge in [-0.2, -0.15) is 0 Å². The minimum atomic E-state index is -0.114. The van der Waals surface area contributed by atoms with Crippen LogP contribution < -0.4 is 10.1 Å². The number of ether oxygens (including phenoxy) is 1. The molecular formula is C24H26N2O4S2. The molecule has 0 atom stereocenters. The fourth-order valence-corrected chi connectivity index (χ4v) is 4.52. The normalized spacial score (nSPS) is 14.8. The lowest BCUT2D eigenvalue weighted by Crippen LogP contribution is -2.29. The molecule has 2 amide bonds. The van der Waals surface area contributed by atoms with E-state index in [-0.39, 0.29) is 17.6 Å². The minimum Gasteiger partial charge on any atom is -0.508 e. The van der Waals surface area contributed by atoms with Crippen molar-refractivity contribution < 1.29 is 19.4 Å². The molecule has 0 saturated carbocycles. The average molecular weight is 471 g/mol. The molecule has 2 aromatic rings. The fourth-order valence-electron chi connectivity index (χ4n) is 3.22. The second kappa shape index (κ2) is 11.7. The van der Waals surface area contributed by atoms with E-state index in [4.69, 9.17) is 17.0 Å². The molecule has 3 rings (SSSR count). The highest BCUT2D eigenvalue weighted by molar-refractivity contribution is 8.26. The van der Waals surface area contributed by atoms with Crippen LogP contribution in [0.5, 0.6) is 11.5 Å². The average Bonchev–Trinajstić information content (AvgIpc) is 3.02. The Morgan fingerprint density at radius 2 is 1.97 bits per heavy atom. The van der Waals surface area contributed by atoms with Crippen molar-refractivity contribution in [2.75, 3.05) is 18.5 Å². The molecule has 8 heteroatoms. The predicted octanol–water partition coefficient (Wildman–Crippen LogP) is 5.19. The van der Waals surface area contributed by atoms with Crippen LogP contribution in [0.15, 0.2) is 53.4 Å². The maximum absolute atomic E-state index is 12.7. The van der Waals surface area contributed by atoms with Crippen LogP contribution in [0.2, 0.25) is 0 Å². The van der Waals surface area contributed by atoms with Crippen LogP contribution in [0.4, 0.5) is 5.69 Å². The number of thiocarbonyl (C=S) groups is 1. The molecule has 0 aromatic heterocycles. The lowest BCUT2D eigenvalue weighted by Gasteiger charge is -2.14. The maximum Gasteiger partial charge on any atom is 0.266 e. The molecule has 0 spiro atoms. The molecule has 0 unspecified atom stereocenters. The van der Waals surface area contributed by atoms with Gasteiger partial charge >= 0.3 is 0 Å². The Kier molecular flexibility index (Phi) is 8.70. The van der Waals surface area contributed by atoms with Crippen molar-refractivity contribution in [3.63, 3.8) is 0 Å². The van der Waals surface area contributed by atoms with Gasteiger partial charge in [0.1, 0.15) is 15.8 Å². The van der Waals surface area contributed by atoms with Gasteiger partial charge in [-0.05, 0) is 67.8 Å². The third kappa shape index (κ3) is 6.83. The highest BCUT2D eigenvalue weighted by Gasteiger charge is 2.31. The van der Waals surface area contributed by atoms with E-state index >= 15 is 0 Å². The summed E-state index contributed by atoms with van der Waals surface area (Å²) in [7, 11) is 0. The second-order valence-electron chi connectivity index (χ2n) is 7.24. The SMILES string of the molecule is CCOc1ccc(NC(=O)CCCCCN2C(=O)/C(=C/c3cccc(O)c3)SC2=S)cc1. The van der Waals surface area contributed by atoms with E-state index in [1.807, 2.05) is 37.3 Å². The number of amides is 2. The molecule has 32 heavy (non-hydrogen) atoms. The third-order valence-electron chi connectivity index (χ3n) is 4.78. The van der Waals surface area contributed by atoms with Crippen LogP contribution in [0.25, 0.3) is 6.08 Å². The van der Waals surface area contributed by atoms with E-state index in [1.54, 1.807) is 29.2 Å². The Hall–Kier alpha value is -2.84. The Bertz CT molecular complexity index is 1010. The first kappa shape index (κ1) is 23.8. The van der Waals surface area contributed by atoms with E-state index < -0.39 is 0 Å². The van der Waals surface area contributed by atoms with Gasteiger partial charge in [0.25, 0.3) is 5.91 Å². The number of phenols is 1. The number of unbranched alkanes of at least 4 members (excludes halogenated alkanes) is 2. The van der Waals surface area contributed by atoms with E-state index in [0.29, 0.717) is 28.8 Å². The van der Waals surface area contributed by atoms with Crippen molar-refractivity contribution in [2.45, 2.75) is 32.6 Å². The fraction of sp³-hybridized carbons (Fsp3) is 0.292. The number of thioether (sulfide) groups is 1. The summed E-state index contributed by atoms with van der Waals surface area (Å²) in [6.07, 6.45) is 4.48. The van der Waals surface area contributed by atoms with Crippen molar-refractivity contribution in [2.24, 2.45) is 0 Å². The standard InChI is InChI=1S/C24H26N2O4S2/c1-2-30-20-12-10-18(11-13-20)25-22(28)9-4-3-5-14-26-23(29)21(32-24(26)31)16-17-7-6-8-19(27)15-17/h6-8,10-13,15-16,27H,2-5,9,14H2,1H3,(H,25,28)/b21-16-. The summed E-state index contributed by atoms with van der Waals surface area (Å²) in [5.74, 6) is 0.782. The van der Waals surface area contributed by atoms with Gasteiger partial charge in [0.2, 0.25) is 5.91 Å². The highest BCUT2D eigenvalue weighted by Crippen LogP contribution is 2.33. The van der Waals surface area contributed by atoms with Crippen LogP contribution in [-0.2, 0) is 9.59 Å². The number of carbonyl (C=O) groups is 2. The number of phenolic OH excluding ortho intramolecular Hbond substituents is 1. The van der Waals surface area contributed by atoms with E-state index in [0.717, 1.165) is 36.3 Å². The quantitative estimate of drug-likeness (QED) is 0.283. The maximum atomic E-state index is 12.7. The molecule has 0 aliphatic carbocycles. The Labute approximate surface area is 197 Å². The van der Waals surface area contributed by atoms with Crippen molar-refractivity contribution in [1.29, 1.82) is 0 Å². The van der Waals surface area contributed by atoms with Gasteiger partial charge in [0.05, 0.1) is 11.5 Å². The summed E-state index contributed by atoms with van der Waals surface area (Å²) in [5, 5.41) is 12.5. The molecule has 2 aromatic carbocycles. The van der Waals surface area contributed by atoms with E-state index in [2.05, 4.69) is 5.32 Å². The van der Waals surface area contributed by atoms with Crippen molar-refractivity contribution in [3.8, 4) is 11.5 Å². The molecule has 0 radical (unpaired) electrons. The largest absolute Gasteiger partial charge is 0.508 e. The summed E-state index contributed by atoms with van der Waals surface area (Å²) >= 11 is 6.63. The van der Waals surface area contributed by atoms with E-state index in [9.17, 15) is 14.7 Å². The number of aromatic hydroxyl groups is 1. The number of hydrogen-bond donors (Lipinski definition) is 2. The highest BCUT2D eigenvalue weighted by atomic mass is 32.2. The van der Waals surface area contributed by atoms with Crippen LogP contribution >= 0.6 is 24.0 Å². The molecular weight excluding hydrogens is 444 g/mol. The zero-order valence-corrected chi connectivity index (χ0v) is 19.5. The van der Waals surface area contributed by atoms with Crippen molar-refractivity contribution >= 4 is 51.9 Å². The first-order valence-corrected chi connectivity index (χ1v) is 11.8. The van der Waals surface area contributed by atoms with Crippen LogP contribution in [-0.4, -0.2) is 39.3 Å². The number of hydrogen-bond acceptors (Lipinski definition) is 6. The monoisotopic (exact) mass is 470 g/mol. The summed E-state index contributed by atoms with van der Waals surface area (Å²) in [6.45, 7) is 3.06. The zero-order valence-electron chi connectivity index (χ0n) is 17.9. The summed E-state index contributed by atoms with van der Waals surface area (Å²) < 4.78 is 5.93. The van der Waals surface area contributed by atoms with Gasteiger partial charge in [0, 0.05) is 18.7 Å². The van der Waals surface area contributed by atoms with Gasteiger partial charge in [-0.25, -0.2) is 0 Å². The van der Waals surface area contributed by atoms with Gasteiger partial charge in [0.15, 0.2) is 0 Å². The summed E-state index contributed by atoms with van der Waals surface area (Å²) in [5.41, 5.74) is 1.50. The molecule has 168 valence electrons. The molecule has 1 aliphatic heterocycles. The first-order chi connectivity index (χ1) is 15.5. The number of rotatable bonds is 10. The lowest BCUT2D eigenvalue weighted by atomic mass is 10.1. The molecule has 1 heterocycles. The number of carbonyl (C=O) groups excluding carboxylic acids is 2. The Morgan fingerprint density at radius 3 is 2.69 bits per heavy atom. The molecule has 2 N–H and O–H groups in total. The predicted molar refractivity (Wildman–Crippen MR) is 133 cm³/mol. The lowest BCUT2D eigenvalue weighted by molar-refractivity contribution is -0.122. The van der Waals surface area contributed by atoms with Gasteiger partial charge in [-0.15, -0.1) is 0 Å². The van der Waals surface area contributed by atoms with Gasteiger partial charge < -0.3 is 15.2 Å². The number of nitrogens with zero attached hydrogens (tertiary/aromatic N) is 1. The second-order valence-corrected chi connectivity index (χ2v) is 8.92. The number of nitrogens with one attached hydrogen (secondary N) is 1. The smallest absolute Gasteiger partial charge is 0.266 e. The molecule has 6 nitrogen and oxygen atoms in total. The van der Waals surface area contributed by atoms with Gasteiger partial charge in [-0.3, -0.25) is 14.5 Å². The first-order valence-electron chi connectivity index (χ1n) is 10.5. The molecule has 1 aliphatic rings. The van der Waals surface area contributed by atoms with E-state index in [1.165, 1.54) is 11.8 Å². The zero-order chi connectivity index (χ0) is 22.9. The summed E-state index contributed by atoms with van der Waals surface area (Å²) in [6, 6.07) is 14.0. The number of benzene rings is 2. The minimum absolute atomic E-state index is 0.0335. The number of anilines is 1. The van der Waals surface area contributed by atoms with Crippen molar-refractivity contribution in [1.82, 2.24) is 4.90 Å². The molecule has 0 bridgehead atoms. The van der Waals surface area contributed by atoms with Crippen LogP contribution in [0.3, 0.4) is 0 Å². The summed E-state index contributed by atoms with van der Waals surface area (Å²) in [4.78, 5) is 26.9. The van der Waals surface area contributed by atoms with Crippen LogP contribution in [0.1, 0.15) is 38.2 Å². The van der Waals surface area contributed by atoms with Gasteiger partial charge in [-0.1, -0.05) is 42.5 Å². The topological polar surface area (TPSA) is 78.9 Å². The van der Waals surface area contributed by atoms with Crippen LogP contribution in [0, 0.1) is 0 Å². The third-order valence-corrected chi connectivity index (χ3v) is 6.15.